The quantitative estimate of drug-likeness (QED) is 0.613. The van der Waals surface area contributed by atoms with Crippen LogP contribution in [0.15, 0.2) is 36.9 Å². The molecule has 0 unspecified atom stereocenters. The third kappa shape index (κ3) is 3.25. The minimum atomic E-state index is -0.877. The van der Waals surface area contributed by atoms with Gasteiger partial charge in [0.1, 0.15) is 12.7 Å². The van der Waals surface area contributed by atoms with E-state index < -0.39 is 11.8 Å². The van der Waals surface area contributed by atoms with Crippen molar-refractivity contribution in [1.82, 2.24) is 14.9 Å². The van der Waals surface area contributed by atoms with Gasteiger partial charge in [0.25, 0.3) is 0 Å². The highest BCUT2D eigenvalue weighted by atomic mass is 16.2. The molecule has 0 saturated carbocycles. The Labute approximate surface area is 113 Å². The molecule has 8 heteroatoms. The third-order valence-electron chi connectivity index (χ3n) is 2.38. The van der Waals surface area contributed by atoms with Crippen LogP contribution in [0, 0.1) is 0 Å². The maximum Gasteiger partial charge on any atom is 0.328 e. The summed E-state index contributed by atoms with van der Waals surface area (Å²) in [5, 5.41) is 9.35. The molecule has 2 N–H and O–H groups in total. The van der Waals surface area contributed by atoms with Crippen LogP contribution in [-0.2, 0) is 9.59 Å². The van der Waals surface area contributed by atoms with E-state index in [2.05, 4.69) is 20.9 Å². The molecule has 0 saturated heterocycles. The van der Waals surface area contributed by atoms with E-state index in [9.17, 15) is 14.4 Å². The van der Waals surface area contributed by atoms with Crippen LogP contribution in [0.1, 0.15) is 17.3 Å². The van der Waals surface area contributed by atoms with Crippen molar-refractivity contribution in [3.63, 3.8) is 0 Å². The van der Waals surface area contributed by atoms with Crippen molar-refractivity contribution in [2.75, 3.05) is 10.7 Å². The molecule has 0 atom stereocenters. The van der Waals surface area contributed by atoms with E-state index in [0.29, 0.717) is 11.3 Å². The highest BCUT2D eigenvalue weighted by Gasteiger charge is 2.14. The summed E-state index contributed by atoms with van der Waals surface area (Å²) in [6, 6.07) is 6.31. The Morgan fingerprint density at radius 1 is 1.10 bits per heavy atom. The number of ketones is 1. The van der Waals surface area contributed by atoms with Gasteiger partial charge in [0, 0.05) is 11.3 Å². The third-order valence-corrected chi connectivity index (χ3v) is 2.38. The topological polar surface area (TPSA) is 106 Å². The molecule has 102 valence electrons. The number of nitrogens with one attached hydrogen (secondary N) is 2. The van der Waals surface area contributed by atoms with E-state index in [4.69, 9.17) is 0 Å². The van der Waals surface area contributed by atoms with Crippen LogP contribution in [0.25, 0.3) is 0 Å². The van der Waals surface area contributed by atoms with Gasteiger partial charge in [-0.3, -0.25) is 19.8 Å². The molecule has 0 radical (unpaired) electrons. The van der Waals surface area contributed by atoms with Crippen LogP contribution in [0.5, 0.6) is 0 Å². The van der Waals surface area contributed by atoms with E-state index >= 15 is 0 Å². The summed E-state index contributed by atoms with van der Waals surface area (Å²) in [4.78, 5) is 34.4. The lowest BCUT2D eigenvalue weighted by molar-refractivity contribution is -0.133. The summed E-state index contributed by atoms with van der Waals surface area (Å²) in [6.45, 7) is 1.42. The summed E-state index contributed by atoms with van der Waals surface area (Å²) < 4.78 is 1.15. The summed E-state index contributed by atoms with van der Waals surface area (Å²) in [5.74, 6) is -1.87. The number of hydrogen-bond acceptors (Lipinski definition) is 5. The monoisotopic (exact) mass is 273 g/mol. The van der Waals surface area contributed by atoms with E-state index in [1.54, 1.807) is 18.2 Å². The number of nitrogens with zero attached hydrogens (tertiary/aromatic N) is 3. The molecule has 1 aromatic carbocycles. The molecule has 8 nitrogen and oxygen atoms in total. The zero-order chi connectivity index (χ0) is 14.5. The van der Waals surface area contributed by atoms with Gasteiger partial charge in [0.2, 0.25) is 0 Å². The largest absolute Gasteiger partial charge is 0.328 e. The molecular weight excluding hydrogens is 262 g/mol. The van der Waals surface area contributed by atoms with Gasteiger partial charge in [-0.1, -0.05) is 12.1 Å². The van der Waals surface area contributed by atoms with Crippen LogP contribution in [0.3, 0.4) is 0 Å². The minimum Gasteiger partial charge on any atom is -0.318 e. The minimum absolute atomic E-state index is 0.130. The van der Waals surface area contributed by atoms with Gasteiger partial charge in [-0.15, -0.1) is 10.2 Å². The van der Waals surface area contributed by atoms with Gasteiger partial charge in [-0.25, -0.2) is 4.68 Å². The van der Waals surface area contributed by atoms with E-state index in [0.717, 1.165) is 4.68 Å². The standard InChI is InChI=1S/C12H11N5O3/c1-8(18)9-3-2-4-10(5-9)15-11(19)12(20)16-17-6-13-14-7-17/h2-7H,1H3,(H,15,19)(H,16,20). The Morgan fingerprint density at radius 2 is 1.80 bits per heavy atom. The molecule has 0 aliphatic carbocycles. The van der Waals surface area contributed by atoms with Gasteiger partial charge in [0.15, 0.2) is 5.78 Å². The van der Waals surface area contributed by atoms with Crippen molar-refractivity contribution in [3.8, 4) is 0 Å². The molecule has 2 rings (SSSR count). The Morgan fingerprint density at radius 3 is 2.45 bits per heavy atom. The predicted molar refractivity (Wildman–Crippen MR) is 69.5 cm³/mol. The SMILES string of the molecule is CC(=O)c1cccc(NC(=O)C(=O)Nn2cnnc2)c1. The Kier molecular flexibility index (Phi) is 3.85. The first-order chi connectivity index (χ1) is 9.56. The molecule has 0 aliphatic rings. The second-order valence-corrected chi connectivity index (χ2v) is 3.90. The summed E-state index contributed by atoms with van der Waals surface area (Å²) >= 11 is 0. The molecule has 1 aromatic heterocycles. The summed E-state index contributed by atoms with van der Waals surface area (Å²) in [5.41, 5.74) is 3.06. The first-order valence-electron chi connectivity index (χ1n) is 5.64. The Bertz CT molecular complexity index is 651. The molecule has 0 fully saturated rings. The molecule has 1 heterocycles. The van der Waals surface area contributed by atoms with Gasteiger partial charge >= 0.3 is 11.8 Å². The summed E-state index contributed by atoms with van der Waals surface area (Å²) in [7, 11) is 0. The average Bonchev–Trinajstić information content (AvgIpc) is 2.91. The van der Waals surface area contributed by atoms with E-state index in [1.165, 1.54) is 25.6 Å². The highest BCUT2D eigenvalue weighted by Crippen LogP contribution is 2.10. The molecule has 0 bridgehead atoms. The Balaban J connectivity index is 2.02. The molecular formula is C12H11N5O3. The van der Waals surface area contributed by atoms with Crippen LogP contribution in [0.4, 0.5) is 5.69 Å². The first kappa shape index (κ1) is 13.4. The maximum atomic E-state index is 11.7. The van der Waals surface area contributed by atoms with Crippen LogP contribution in [0.2, 0.25) is 0 Å². The number of amides is 2. The number of benzene rings is 1. The van der Waals surface area contributed by atoms with Gasteiger partial charge in [0.05, 0.1) is 0 Å². The van der Waals surface area contributed by atoms with Crippen molar-refractivity contribution in [2.45, 2.75) is 6.92 Å². The van der Waals surface area contributed by atoms with E-state index in [-0.39, 0.29) is 5.78 Å². The fraction of sp³-hybridized carbons (Fsp3) is 0.0833. The van der Waals surface area contributed by atoms with Gasteiger partial charge < -0.3 is 5.32 Å². The normalized spacial score (nSPS) is 9.85. The number of carbonyl (C=O) groups is 3. The zero-order valence-electron chi connectivity index (χ0n) is 10.5. The van der Waals surface area contributed by atoms with Crippen LogP contribution >= 0.6 is 0 Å². The number of rotatable bonds is 3. The molecule has 2 amide bonds. The van der Waals surface area contributed by atoms with Crippen molar-refractivity contribution < 1.29 is 14.4 Å². The first-order valence-corrected chi connectivity index (χ1v) is 5.64. The van der Waals surface area contributed by atoms with Gasteiger partial charge in [-0.05, 0) is 19.1 Å². The fourth-order valence-corrected chi connectivity index (χ4v) is 1.43. The number of hydrogen-bond donors (Lipinski definition) is 2. The summed E-state index contributed by atoms with van der Waals surface area (Å²) in [6.07, 6.45) is 2.48. The maximum absolute atomic E-state index is 11.7. The predicted octanol–water partition coefficient (Wildman–Crippen LogP) is 0.189. The van der Waals surface area contributed by atoms with Crippen LogP contribution in [-0.4, -0.2) is 32.5 Å². The molecule has 2 aromatic rings. The number of carbonyl (C=O) groups excluding carboxylic acids is 3. The molecule has 20 heavy (non-hydrogen) atoms. The van der Waals surface area contributed by atoms with Crippen molar-refractivity contribution in [2.24, 2.45) is 0 Å². The van der Waals surface area contributed by atoms with E-state index in [1.807, 2.05) is 0 Å². The lowest BCUT2D eigenvalue weighted by Gasteiger charge is -2.07. The smallest absolute Gasteiger partial charge is 0.318 e. The zero-order valence-corrected chi connectivity index (χ0v) is 10.5. The van der Waals surface area contributed by atoms with Crippen molar-refractivity contribution in [1.29, 1.82) is 0 Å². The fourth-order valence-electron chi connectivity index (χ4n) is 1.43. The highest BCUT2D eigenvalue weighted by molar-refractivity contribution is 6.42. The Hall–Kier alpha value is -3.03. The second kappa shape index (κ2) is 5.74. The average molecular weight is 273 g/mol. The van der Waals surface area contributed by atoms with Crippen molar-refractivity contribution >= 4 is 23.3 Å². The van der Waals surface area contributed by atoms with Gasteiger partial charge in [-0.2, -0.15) is 0 Å². The van der Waals surface area contributed by atoms with Crippen molar-refractivity contribution in [3.05, 3.63) is 42.5 Å². The van der Waals surface area contributed by atoms with Crippen LogP contribution < -0.4 is 10.7 Å². The second-order valence-electron chi connectivity index (χ2n) is 3.90. The lowest BCUT2D eigenvalue weighted by atomic mass is 10.1. The number of Topliss-reactive ketones (excluding diaryl/α,β-unsaturated/α-hetero) is 1. The lowest BCUT2D eigenvalue weighted by Crippen LogP contribution is -2.33. The number of anilines is 1. The molecule has 0 spiro atoms. The number of aromatic nitrogens is 3. The molecule has 0 aliphatic heterocycles.